The van der Waals surface area contributed by atoms with E-state index in [1.165, 1.54) is 13.0 Å². The van der Waals surface area contributed by atoms with E-state index in [0.717, 1.165) is 22.6 Å². The Morgan fingerprint density at radius 2 is 1.56 bits per heavy atom. The molecular formula is C21H24F2N2O2. The van der Waals surface area contributed by atoms with Crippen LogP contribution in [0.25, 0.3) is 0 Å². The normalized spacial score (nSPS) is 11.2. The summed E-state index contributed by atoms with van der Waals surface area (Å²) in [6.45, 7) is 7.49. The van der Waals surface area contributed by atoms with Crippen LogP contribution >= 0.6 is 0 Å². The van der Waals surface area contributed by atoms with Crippen molar-refractivity contribution in [1.82, 2.24) is 5.32 Å². The number of anilines is 1. The highest BCUT2D eigenvalue weighted by Crippen LogP contribution is 2.23. The number of halogens is 2. The molecule has 2 amide bonds. The van der Waals surface area contributed by atoms with E-state index in [0.29, 0.717) is 5.56 Å². The second-order valence-corrected chi connectivity index (χ2v) is 7.32. The number of hydrogen-bond donors (Lipinski definition) is 1. The second-order valence-electron chi connectivity index (χ2n) is 7.32. The Balaban J connectivity index is 2.03. The van der Waals surface area contributed by atoms with Gasteiger partial charge < -0.3 is 10.2 Å². The molecule has 0 fully saturated rings. The number of nitrogens with zero attached hydrogens (tertiary/aromatic N) is 1. The lowest BCUT2D eigenvalue weighted by atomic mass is 9.87. The van der Waals surface area contributed by atoms with Crippen LogP contribution in [0.15, 0.2) is 42.5 Å². The molecule has 0 saturated heterocycles. The number of para-hydroxylation sites is 1. The molecule has 0 bridgehead atoms. The van der Waals surface area contributed by atoms with Gasteiger partial charge in [0.2, 0.25) is 5.91 Å². The third-order valence-corrected chi connectivity index (χ3v) is 4.22. The molecule has 0 unspecified atom stereocenters. The van der Waals surface area contributed by atoms with Gasteiger partial charge >= 0.3 is 0 Å². The van der Waals surface area contributed by atoms with Gasteiger partial charge in [-0.2, -0.15) is 0 Å². The summed E-state index contributed by atoms with van der Waals surface area (Å²) >= 11 is 0. The molecule has 0 saturated carbocycles. The Bertz CT molecular complexity index is 807. The molecule has 0 heterocycles. The summed E-state index contributed by atoms with van der Waals surface area (Å²) in [7, 11) is 0. The Kier molecular flexibility index (Phi) is 6.31. The number of amides is 2. The third-order valence-electron chi connectivity index (χ3n) is 4.22. The molecule has 0 aromatic heterocycles. The summed E-state index contributed by atoms with van der Waals surface area (Å²) in [4.78, 5) is 25.1. The molecule has 27 heavy (non-hydrogen) atoms. The maximum absolute atomic E-state index is 13.9. The van der Waals surface area contributed by atoms with Crippen LogP contribution in [0.1, 0.15) is 43.6 Å². The largest absolute Gasteiger partial charge is 0.350 e. The summed E-state index contributed by atoms with van der Waals surface area (Å²) in [5.41, 5.74) is 1.17. The molecule has 0 atom stereocenters. The van der Waals surface area contributed by atoms with Crippen molar-refractivity contribution >= 4 is 17.5 Å². The predicted molar refractivity (Wildman–Crippen MR) is 102 cm³/mol. The van der Waals surface area contributed by atoms with Crippen molar-refractivity contribution in [1.29, 1.82) is 0 Å². The summed E-state index contributed by atoms with van der Waals surface area (Å²) < 4.78 is 27.8. The average molecular weight is 374 g/mol. The molecule has 4 nitrogen and oxygen atoms in total. The number of rotatable bonds is 5. The molecule has 144 valence electrons. The maximum Gasteiger partial charge on any atom is 0.251 e. The Hall–Kier alpha value is -2.76. The van der Waals surface area contributed by atoms with E-state index in [4.69, 9.17) is 0 Å². The first-order valence-corrected chi connectivity index (χ1v) is 8.72. The molecular weight excluding hydrogens is 350 g/mol. The molecule has 0 aliphatic heterocycles. The molecule has 0 aliphatic carbocycles. The van der Waals surface area contributed by atoms with Crippen molar-refractivity contribution in [3.05, 3.63) is 65.2 Å². The first kappa shape index (κ1) is 20.6. The van der Waals surface area contributed by atoms with Gasteiger partial charge in [0.15, 0.2) is 0 Å². The van der Waals surface area contributed by atoms with Crippen LogP contribution in [-0.2, 0) is 10.2 Å². The fourth-order valence-corrected chi connectivity index (χ4v) is 2.68. The van der Waals surface area contributed by atoms with E-state index in [9.17, 15) is 18.4 Å². The summed E-state index contributed by atoms with van der Waals surface area (Å²) in [5.74, 6) is -2.47. The Morgan fingerprint density at radius 1 is 1.00 bits per heavy atom. The van der Waals surface area contributed by atoms with E-state index < -0.39 is 23.2 Å². The molecule has 2 rings (SSSR count). The molecule has 6 heteroatoms. The highest BCUT2D eigenvalue weighted by atomic mass is 19.1. The number of nitrogens with one attached hydrogen (secondary N) is 1. The van der Waals surface area contributed by atoms with Crippen LogP contribution in [-0.4, -0.2) is 24.9 Å². The average Bonchev–Trinajstić information content (AvgIpc) is 2.59. The minimum atomic E-state index is -0.825. The van der Waals surface area contributed by atoms with Crippen LogP contribution in [0.4, 0.5) is 14.5 Å². The van der Waals surface area contributed by atoms with Gasteiger partial charge in [-0.05, 0) is 35.2 Å². The van der Waals surface area contributed by atoms with Crippen LogP contribution < -0.4 is 10.2 Å². The van der Waals surface area contributed by atoms with Crippen molar-refractivity contribution in [3.63, 3.8) is 0 Å². The van der Waals surface area contributed by atoms with E-state index in [1.54, 1.807) is 12.1 Å². The smallest absolute Gasteiger partial charge is 0.251 e. The van der Waals surface area contributed by atoms with Crippen molar-refractivity contribution in [2.24, 2.45) is 0 Å². The summed E-state index contributed by atoms with van der Waals surface area (Å²) in [6, 6.07) is 10.7. The minimum absolute atomic E-state index is 0.0131. The molecule has 0 aliphatic rings. The zero-order valence-electron chi connectivity index (χ0n) is 16.0. The number of carbonyl (C=O) groups excluding carboxylic acids is 2. The van der Waals surface area contributed by atoms with Gasteiger partial charge in [0, 0.05) is 25.6 Å². The van der Waals surface area contributed by atoms with Crippen LogP contribution in [0.5, 0.6) is 0 Å². The minimum Gasteiger partial charge on any atom is -0.350 e. The van der Waals surface area contributed by atoms with Crippen molar-refractivity contribution in [2.75, 3.05) is 18.0 Å². The van der Waals surface area contributed by atoms with Gasteiger partial charge in [0.1, 0.15) is 17.3 Å². The van der Waals surface area contributed by atoms with E-state index in [2.05, 4.69) is 26.1 Å². The van der Waals surface area contributed by atoms with Gasteiger partial charge in [0.25, 0.3) is 5.91 Å². The highest BCUT2D eigenvalue weighted by Gasteiger charge is 2.20. The summed E-state index contributed by atoms with van der Waals surface area (Å²) in [5, 5.41) is 2.67. The van der Waals surface area contributed by atoms with Gasteiger partial charge in [-0.15, -0.1) is 0 Å². The lowest BCUT2D eigenvalue weighted by molar-refractivity contribution is -0.116. The quantitative estimate of drug-likeness (QED) is 0.859. The van der Waals surface area contributed by atoms with E-state index >= 15 is 0 Å². The third kappa shape index (κ3) is 5.12. The van der Waals surface area contributed by atoms with Crippen molar-refractivity contribution in [3.8, 4) is 0 Å². The lowest BCUT2D eigenvalue weighted by Gasteiger charge is -2.22. The highest BCUT2D eigenvalue weighted by molar-refractivity contribution is 5.94. The zero-order chi connectivity index (χ0) is 20.2. The fourth-order valence-electron chi connectivity index (χ4n) is 2.68. The van der Waals surface area contributed by atoms with Gasteiger partial charge in [-0.25, -0.2) is 8.78 Å². The molecule has 2 aromatic rings. The standard InChI is InChI=1S/C21H24F2N2O2/c1-14(26)25(19-17(22)6-5-7-18(19)23)13-12-24-20(27)15-8-10-16(11-9-15)21(2,3)4/h5-11H,12-13H2,1-4H3,(H,24,27). The maximum atomic E-state index is 13.9. The van der Waals surface area contributed by atoms with Crippen LogP contribution in [0.2, 0.25) is 0 Å². The molecule has 1 N–H and O–H groups in total. The Morgan fingerprint density at radius 3 is 2.04 bits per heavy atom. The van der Waals surface area contributed by atoms with E-state index in [1.807, 2.05) is 12.1 Å². The van der Waals surface area contributed by atoms with Crippen LogP contribution in [0.3, 0.4) is 0 Å². The first-order chi connectivity index (χ1) is 12.6. The number of carbonyl (C=O) groups is 2. The first-order valence-electron chi connectivity index (χ1n) is 8.72. The Labute approximate surface area is 158 Å². The monoisotopic (exact) mass is 374 g/mol. The van der Waals surface area contributed by atoms with Gasteiger partial charge in [-0.3, -0.25) is 9.59 Å². The predicted octanol–water partition coefficient (Wildman–Crippen LogP) is 4.05. The van der Waals surface area contributed by atoms with Gasteiger partial charge in [-0.1, -0.05) is 39.0 Å². The lowest BCUT2D eigenvalue weighted by Crippen LogP contribution is -2.38. The zero-order valence-corrected chi connectivity index (χ0v) is 16.0. The number of benzene rings is 2. The molecule has 0 spiro atoms. The molecule has 2 aromatic carbocycles. The topological polar surface area (TPSA) is 49.4 Å². The number of hydrogen-bond acceptors (Lipinski definition) is 2. The molecule has 0 radical (unpaired) electrons. The van der Waals surface area contributed by atoms with Crippen molar-refractivity contribution < 1.29 is 18.4 Å². The van der Waals surface area contributed by atoms with E-state index in [-0.39, 0.29) is 24.4 Å². The summed E-state index contributed by atoms with van der Waals surface area (Å²) in [6.07, 6.45) is 0. The SMILES string of the molecule is CC(=O)N(CCNC(=O)c1ccc(C(C)(C)C)cc1)c1c(F)cccc1F. The van der Waals surface area contributed by atoms with Crippen LogP contribution in [0, 0.1) is 11.6 Å². The van der Waals surface area contributed by atoms with Gasteiger partial charge in [0.05, 0.1) is 0 Å². The fraction of sp³-hybridized carbons (Fsp3) is 0.333. The second kappa shape index (κ2) is 8.29. The van der Waals surface area contributed by atoms with Crippen molar-refractivity contribution in [2.45, 2.75) is 33.1 Å².